The van der Waals surface area contributed by atoms with Crippen LogP contribution in [0.3, 0.4) is 0 Å². The van der Waals surface area contributed by atoms with Crippen molar-refractivity contribution in [2.45, 2.75) is 6.92 Å². The molecule has 0 saturated carbocycles. The number of aliphatic carboxylic acids is 1. The van der Waals surface area contributed by atoms with Crippen molar-refractivity contribution in [3.63, 3.8) is 0 Å². The van der Waals surface area contributed by atoms with Crippen LogP contribution in [0.4, 0.5) is 0 Å². The van der Waals surface area contributed by atoms with Gasteiger partial charge in [0, 0.05) is 29.6 Å². The Morgan fingerprint density at radius 3 is 3.04 bits per heavy atom. The van der Waals surface area contributed by atoms with E-state index in [1.165, 1.54) is 6.08 Å². The Morgan fingerprint density at radius 1 is 1.39 bits per heavy atom. The molecular formula is C17H15N3O3. The van der Waals surface area contributed by atoms with Gasteiger partial charge in [-0.05, 0) is 31.2 Å². The molecule has 3 rings (SSSR count). The van der Waals surface area contributed by atoms with E-state index >= 15 is 0 Å². The van der Waals surface area contributed by atoms with E-state index in [4.69, 9.17) is 9.84 Å². The number of carboxylic acid groups (broad SMARTS) is 1. The summed E-state index contributed by atoms with van der Waals surface area (Å²) in [6.45, 7) is 2.49. The zero-order valence-corrected chi connectivity index (χ0v) is 12.5. The van der Waals surface area contributed by atoms with Crippen molar-refractivity contribution in [1.82, 2.24) is 14.6 Å². The molecular weight excluding hydrogens is 294 g/mol. The third-order valence-corrected chi connectivity index (χ3v) is 3.24. The Hall–Kier alpha value is -3.15. The lowest BCUT2D eigenvalue weighted by molar-refractivity contribution is -0.131. The minimum Gasteiger partial charge on any atom is -0.494 e. The van der Waals surface area contributed by atoms with Crippen LogP contribution in [0.5, 0.6) is 5.75 Å². The molecule has 0 aliphatic rings. The lowest BCUT2D eigenvalue weighted by Gasteiger charge is -2.05. The van der Waals surface area contributed by atoms with Crippen molar-refractivity contribution in [2.75, 3.05) is 6.61 Å². The van der Waals surface area contributed by atoms with Gasteiger partial charge < -0.3 is 9.84 Å². The van der Waals surface area contributed by atoms with Crippen molar-refractivity contribution >= 4 is 17.7 Å². The lowest BCUT2D eigenvalue weighted by atomic mass is 10.1. The largest absolute Gasteiger partial charge is 0.494 e. The number of carbonyl (C=O) groups is 1. The fourth-order valence-electron chi connectivity index (χ4n) is 2.33. The van der Waals surface area contributed by atoms with E-state index in [0.717, 1.165) is 17.4 Å². The highest BCUT2D eigenvalue weighted by Crippen LogP contribution is 2.29. The Balaban J connectivity index is 2.18. The van der Waals surface area contributed by atoms with E-state index in [1.807, 2.05) is 31.2 Å². The van der Waals surface area contributed by atoms with E-state index in [2.05, 4.69) is 10.1 Å². The Kier molecular flexibility index (Phi) is 4.05. The molecule has 0 amide bonds. The summed E-state index contributed by atoms with van der Waals surface area (Å²) in [4.78, 5) is 15.2. The van der Waals surface area contributed by atoms with Crippen LogP contribution in [0.15, 0.2) is 48.8 Å². The molecule has 2 aromatic heterocycles. The number of aromatic nitrogens is 3. The molecule has 0 radical (unpaired) electrons. The van der Waals surface area contributed by atoms with Gasteiger partial charge in [-0.2, -0.15) is 5.10 Å². The highest BCUT2D eigenvalue weighted by molar-refractivity contribution is 5.90. The number of benzene rings is 1. The van der Waals surface area contributed by atoms with Gasteiger partial charge in [0.05, 0.1) is 6.61 Å². The summed E-state index contributed by atoms with van der Waals surface area (Å²) in [6, 6.07) is 9.30. The summed E-state index contributed by atoms with van der Waals surface area (Å²) in [6.07, 6.45) is 6.02. The van der Waals surface area contributed by atoms with Crippen LogP contribution in [0.1, 0.15) is 12.5 Å². The van der Waals surface area contributed by atoms with Gasteiger partial charge in [0.15, 0.2) is 5.65 Å². The fourth-order valence-corrected chi connectivity index (χ4v) is 2.33. The van der Waals surface area contributed by atoms with Crippen LogP contribution in [-0.2, 0) is 4.79 Å². The van der Waals surface area contributed by atoms with E-state index in [-0.39, 0.29) is 0 Å². The predicted molar refractivity (Wildman–Crippen MR) is 86.3 cm³/mol. The monoisotopic (exact) mass is 309 g/mol. The Morgan fingerprint density at radius 2 is 2.26 bits per heavy atom. The maximum Gasteiger partial charge on any atom is 0.328 e. The molecule has 0 unspecified atom stereocenters. The van der Waals surface area contributed by atoms with Crippen molar-refractivity contribution in [2.24, 2.45) is 0 Å². The van der Waals surface area contributed by atoms with Crippen molar-refractivity contribution in [3.05, 3.63) is 54.4 Å². The molecule has 2 heterocycles. The summed E-state index contributed by atoms with van der Waals surface area (Å²) in [5, 5.41) is 13.4. The second kappa shape index (κ2) is 6.31. The maximum absolute atomic E-state index is 10.9. The molecule has 6 nitrogen and oxygen atoms in total. The lowest BCUT2D eigenvalue weighted by Crippen LogP contribution is -1.92. The molecule has 116 valence electrons. The molecule has 1 N–H and O–H groups in total. The van der Waals surface area contributed by atoms with Gasteiger partial charge in [0.25, 0.3) is 0 Å². The molecule has 0 aliphatic heterocycles. The van der Waals surface area contributed by atoms with Crippen LogP contribution in [0.2, 0.25) is 0 Å². The second-order valence-electron chi connectivity index (χ2n) is 4.78. The van der Waals surface area contributed by atoms with E-state index in [0.29, 0.717) is 23.5 Å². The summed E-state index contributed by atoms with van der Waals surface area (Å²) in [5.74, 6) is -0.280. The number of hydrogen-bond donors (Lipinski definition) is 1. The Labute approximate surface area is 132 Å². The van der Waals surface area contributed by atoms with Gasteiger partial charge >= 0.3 is 5.97 Å². The van der Waals surface area contributed by atoms with E-state index < -0.39 is 5.97 Å². The number of ether oxygens (including phenoxy) is 1. The SMILES string of the molecule is CCOc1cccc(-c2nn3cccnc3c2/C=C/C(=O)O)c1. The van der Waals surface area contributed by atoms with Gasteiger partial charge in [-0.3, -0.25) is 0 Å². The number of nitrogens with zero attached hydrogens (tertiary/aromatic N) is 3. The number of fused-ring (bicyclic) bond motifs is 1. The smallest absolute Gasteiger partial charge is 0.328 e. The second-order valence-corrected chi connectivity index (χ2v) is 4.78. The van der Waals surface area contributed by atoms with E-state index in [9.17, 15) is 4.79 Å². The van der Waals surface area contributed by atoms with Gasteiger partial charge in [0.1, 0.15) is 11.4 Å². The van der Waals surface area contributed by atoms with Crippen LogP contribution in [-0.4, -0.2) is 32.3 Å². The molecule has 6 heteroatoms. The zero-order chi connectivity index (χ0) is 16.2. The minimum atomic E-state index is -1.02. The molecule has 0 fully saturated rings. The zero-order valence-electron chi connectivity index (χ0n) is 12.5. The number of hydrogen-bond acceptors (Lipinski definition) is 4. The first-order chi connectivity index (χ1) is 11.2. The normalized spacial score (nSPS) is 11.2. The summed E-state index contributed by atoms with van der Waals surface area (Å²) >= 11 is 0. The summed E-state index contributed by atoms with van der Waals surface area (Å²) in [5.41, 5.74) is 2.75. The van der Waals surface area contributed by atoms with Crippen LogP contribution >= 0.6 is 0 Å². The first kappa shape index (κ1) is 14.8. The average molecular weight is 309 g/mol. The highest BCUT2D eigenvalue weighted by Gasteiger charge is 2.14. The molecule has 0 bridgehead atoms. The molecule has 0 saturated heterocycles. The van der Waals surface area contributed by atoms with Gasteiger partial charge in [0.2, 0.25) is 0 Å². The molecule has 0 aliphatic carbocycles. The van der Waals surface area contributed by atoms with Gasteiger partial charge in [-0.1, -0.05) is 12.1 Å². The topological polar surface area (TPSA) is 76.7 Å². The molecule has 0 atom stereocenters. The summed E-state index contributed by atoms with van der Waals surface area (Å²) in [7, 11) is 0. The standard InChI is InChI=1S/C17H15N3O3/c1-2-23-13-6-3-5-12(11-13)16-14(7-8-15(21)22)17-18-9-4-10-20(17)19-16/h3-11H,2H2,1H3,(H,21,22)/b8-7+. The quantitative estimate of drug-likeness (QED) is 0.733. The third kappa shape index (κ3) is 3.06. The first-order valence-corrected chi connectivity index (χ1v) is 7.16. The van der Waals surface area contributed by atoms with Crippen molar-refractivity contribution in [1.29, 1.82) is 0 Å². The molecule has 1 aromatic carbocycles. The van der Waals surface area contributed by atoms with Crippen LogP contribution in [0.25, 0.3) is 23.0 Å². The fraction of sp³-hybridized carbons (Fsp3) is 0.118. The Bertz CT molecular complexity index is 884. The first-order valence-electron chi connectivity index (χ1n) is 7.16. The molecule has 0 spiro atoms. The van der Waals surface area contributed by atoms with Gasteiger partial charge in [-0.15, -0.1) is 0 Å². The highest BCUT2D eigenvalue weighted by atomic mass is 16.5. The third-order valence-electron chi connectivity index (χ3n) is 3.24. The van der Waals surface area contributed by atoms with Crippen molar-refractivity contribution < 1.29 is 14.6 Å². The van der Waals surface area contributed by atoms with Gasteiger partial charge in [-0.25, -0.2) is 14.3 Å². The average Bonchev–Trinajstić information content (AvgIpc) is 2.92. The number of carboxylic acids is 1. The maximum atomic E-state index is 10.9. The van der Waals surface area contributed by atoms with Crippen LogP contribution < -0.4 is 4.74 Å². The van der Waals surface area contributed by atoms with Crippen LogP contribution in [0, 0.1) is 0 Å². The van der Waals surface area contributed by atoms with Crippen molar-refractivity contribution in [3.8, 4) is 17.0 Å². The van der Waals surface area contributed by atoms with E-state index in [1.54, 1.807) is 23.0 Å². The predicted octanol–water partition coefficient (Wildman–Crippen LogP) is 2.89. The summed E-state index contributed by atoms with van der Waals surface area (Å²) < 4.78 is 7.15. The minimum absolute atomic E-state index is 0.571. The molecule has 3 aromatic rings. The molecule has 23 heavy (non-hydrogen) atoms. The number of rotatable bonds is 5.